The van der Waals surface area contributed by atoms with Crippen LogP contribution >= 0.6 is 0 Å². The van der Waals surface area contributed by atoms with Gasteiger partial charge in [0.05, 0.1) is 26.4 Å². The predicted octanol–water partition coefficient (Wildman–Crippen LogP) is 3.00. The van der Waals surface area contributed by atoms with Crippen LogP contribution in [-0.4, -0.2) is 51.7 Å². The van der Waals surface area contributed by atoms with Crippen molar-refractivity contribution in [1.82, 2.24) is 5.32 Å². The number of ether oxygens (including phenoxy) is 3. The largest absolute Gasteiger partial charge is 0.379 e. The number of nitrogens with one attached hydrogen (secondary N) is 1. The highest BCUT2D eigenvalue weighted by atomic mass is 16.5. The molecule has 0 fully saturated rings. The summed E-state index contributed by atoms with van der Waals surface area (Å²) in [6, 6.07) is 0. The minimum Gasteiger partial charge on any atom is -0.379 e. The van der Waals surface area contributed by atoms with Gasteiger partial charge in [0, 0.05) is 18.8 Å². The fourth-order valence-electron chi connectivity index (χ4n) is 1.58. The van der Waals surface area contributed by atoms with Crippen molar-refractivity contribution < 1.29 is 14.2 Å². The lowest BCUT2D eigenvalue weighted by molar-refractivity contribution is 0.0134. The second kappa shape index (κ2) is 13.8. The van der Waals surface area contributed by atoms with E-state index in [1.54, 1.807) is 0 Å². The molecule has 4 nitrogen and oxygen atoms in total. The molecule has 0 aromatic carbocycles. The summed E-state index contributed by atoms with van der Waals surface area (Å²) >= 11 is 0. The summed E-state index contributed by atoms with van der Waals surface area (Å²) in [4.78, 5) is 0. The van der Waals surface area contributed by atoms with E-state index in [9.17, 15) is 0 Å². The Morgan fingerprint density at radius 3 is 1.70 bits per heavy atom. The van der Waals surface area contributed by atoms with Crippen molar-refractivity contribution in [2.45, 2.75) is 58.9 Å². The van der Waals surface area contributed by atoms with Crippen molar-refractivity contribution in [2.24, 2.45) is 0 Å². The van der Waals surface area contributed by atoms with Crippen LogP contribution in [0.15, 0.2) is 0 Å². The Bertz CT molecular complexity index is 193. The first kappa shape index (κ1) is 19.8. The normalized spacial score (nSPS) is 12.0. The monoisotopic (exact) mass is 289 g/mol. The zero-order chi connectivity index (χ0) is 15.1. The Morgan fingerprint density at radius 1 is 0.700 bits per heavy atom. The summed E-state index contributed by atoms with van der Waals surface area (Å²) in [5, 5.41) is 3.47. The van der Waals surface area contributed by atoms with E-state index < -0.39 is 0 Å². The van der Waals surface area contributed by atoms with Gasteiger partial charge in [0.2, 0.25) is 0 Å². The quantitative estimate of drug-likeness (QED) is 0.499. The fraction of sp³-hybridized carbons (Fsp3) is 1.00. The van der Waals surface area contributed by atoms with Crippen molar-refractivity contribution in [3.05, 3.63) is 0 Å². The summed E-state index contributed by atoms with van der Waals surface area (Å²) in [6.07, 6.45) is 4.57. The Kier molecular flexibility index (Phi) is 13.7. The molecule has 1 N–H and O–H groups in total. The van der Waals surface area contributed by atoms with Crippen molar-refractivity contribution in [1.29, 1.82) is 0 Å². The van der Waals surface area contributed by atoms with Crippen LogP contribution in [0.5, 0.6) is 0 Å². The van der Waals surface area contributed by atoms with Crippen LogP contribution in [0, 0.1) is 0 Å². The molecule has 0 aliphatic heterocycles. The third-order valence-corrected chi connectivity index (χ3v) is 2.76. The van der Waals surface area contributed by atoms with Crippen LogP contribution in [0.4, 0.5) is 0 Å². The second-order valence-electron chi connectivity index (χ2n) is 6.07. The van der Waals surface area contributed by atoms with Crippen LogP contribution in [0.1, 0.15) is 53.4 Å². The molecule has 0 aromatic heterocycles. The molecule has 122 valence electrons. The molecular weight excluding hydrogens is 254 g/mol. The zero-order valence-corrected chi connectivity index (χ0v) is 14.0. The lowest BCUT2D eigenvalue weighted by Gasteiger charge is -2.20. The van der Waals surface area contributed by atoms with Gasteiger partial charge in [-0.15, -0.1) is 0 Å². The van der Waals surface area contributed by atoms with E-state index in [-0.39, 0.29) is 5.54 Å². The van der Waals surface area contributed by atoms with Gasteiger partial charge in [-0.2, -0.15) is 0 Å². The second-order valence-corrected chi connectivity index (χ2v) is 6.07. The average Bonchev–Trinajstić information content (AvgIpc) is 2.38. The van der Waals surface area contributed by atoms with E-state index in [1.165, 1.54) is 6.42 Å². The number of hydrogen-bond acceptors (Lipinski definition) is 4. The summed E-state index contributed by atoms with van der Waals surface area (Å²) in [5.41, 5.74) is 0.216. The first-order valence-electron chi connectivity index (χ1n) is 8.04. The molecule has 0 amide bonds. The van der Waals surface area contributed by atoms with Crippen LogP contribution in [0.2, 0.25) is 0 Å². The Morgan fingerprint density at radius 2 is 1.20 bits per heavy atom. The SMILES string of the molecule is CCCCOCCOCCOCCCCNC(C)(C)C. The van der Waals surface area contributed by atoms with E-state index in [0.717, 1.165) is 39.0 Å². The topological polar surface area (TPSA) is 39.7 Å². The molecule has 0 aliphatic carbocycles. The average molecular weight is 289 g/mol. The highest BCUT2D eigenvalue weighted by Crippen LogP contribution is 1.99. The third-order valence-electron chi connectivity index (χ3n) is 2.76. The molecular formula is C16H35NO3. The number of rotatable bonds is 14. The fourth-order valence-corrected chi connectivity index (χ4v) is 1.58. The van der Waals surface area contributed by atoms with E-state index in [2.05, 4.69) is 33.0 Å². The smallest absolute Gasteiger partial charge is 0.0701 e. The van der Waals surface area contributed by atoms with Gasteiger partial charge in [0.1, 0.15) is 0 Å². The van der Waals surface area contributed by atoms with Gasteiger partial charge in [-0.05, 0) is 46.6 Å². The summed E-state index contributed by atoms with van der Waals surface area (Å²) in [7, 11) is 0. The maximum absolute atomic E-state index is 5.52. The van der Waals surface area contributed by atoms with Gasteiger partial charge in [-0.3, -0.25) is 0 Å². The minimum absolute atomic E-state index is 0.216. The molecule has 0 atom stereocenters. The molecule has 0 heterocycles. The van der Waals surface area contributed by atoms with Gasteiger partial charge in [-0.25, -0.2) is 0 Å². The van der Waals surface area contributed by atoms with Crippen LogP contribution in [0.3, 0.4) is 0 Å². The standard InChI is InChI=1S/C16H35NO3/c1-5-6-10-18-12-14-20-15-13-19-11-8-7-9-17-16(2,3)4/h17H,5-15H2,1-4H3. The van der Waals surface area contributed by atoms with Crippen molar-refractivity contribution in [3.63, 3.8) is 0 Å². The maximum Gasteiger partial charge on any atom is 0.0701 e. The molecule has 0 radical (unpaired) electrons. The summed E-state index contributed by atoms with van der Waals surface area (Å²) in [6.45, 7) is 14.2. The molecule has 0 rings (SSSR count). The maximum atomic E-state index is 5.52. The van der Waals surface area contributed by atoms with Crippen molar-refractivity contribution >= 4 is 0 Å². The molecule has 20 heavy (non-hydrogen) atoms. The molecule has 0 bridgehead atoms. The van der Waals surface area contributed by atoms with E-state index in [1.807, 2.05) is 0 Å². The van der Waals surface area contributed by atoms with Crippen LogP contribution in [-0.2, 0) is 14.2 Å². The molecule has 4 heteroatoms. The van der Waals surface area contributed by atoms with Gasteiger partial charge in [0.25, 0.3) is 0 Å². The third kappa shape index (κ3) is 17.8. The lowest BCUT2D eigenvalue weighted by Crippen LogP contribution is -2.36. The molecule has 0 saturated heterocycles. The molecule has 0 aliphatic rings. The molecule has 0 spiro atoms. The molecule has 0 unspecified atom stereocenters. The zero-order valence-electron chi connectivity index (χ0n) is 14.0. The van der Waals surface area contributed by atoms with Gasteiger partial charge in [0.15, 0.2) is 0 Å². The molecule has 0 aromatic rings. The lowest BCUT2D eigenvalue weighted by atomic mass is 10.1. The first-order chi connectivity index (χ1) is 9.56. The van der Waals surface area contributed by atoms with E-state index in [4.69, 9.17) is 14.2 Å². The number of hydrogen-bond donors (Lipinski definition) is 1. The Balaban J connectivity index is 2.99. The van der Waals surface area contributed by atoms with E-state index in [0.29, 0.717) is 26.4 Å². The minimum atomic E-state index is 0.216. The van der Waals surface area contributed by atoms with Crippen LogP contribution in [0.25, 0.3) is 0 Å². The van der Waals surface area contributed by atoms with Crippen molar-refractivity contribution in [2.75, 3.05) is 46.2 Å². The summed E-state index contributed by atoms with van der Waals surface area (Å²) in [5.74, 6) is 0. The molecule has 0 saturated carbocycles. The van der Waals surface area contributed by atoms with Crippen LogP contribution < -0.4 is 5.32 Å². The van der Waals surface area contributed by atoms with Gasteiger partial charge < -0.3 is 19.5 Å². The van der Waals surface area contributed by atoms with Crippen molar-refractivity contribution in [3.8, 4) is 0 Å². The Labute approximate surface area is 125 Å². The highest BCUT2D eigenvalue weighted by molar-refractivity contribution is 4.69. The van der Waals surface area contributed by atoms with E-state index >= 15 is 0 Å². The Hall–Kier alpha value is -0.160. The summed E-state index contributed by atoms with van der Waals surface area (Å²) < 4.78 is 16.3. The predicted molar refractivity (Wildman–Crippen MR) is 84.4 cm³/mol. The van der Waals surface area contributed by atoms with Gasteiger partial charge in [-0.1, -0.05) is 13.3 Å². The first-order valence-corrected chi connectivity index (χ1v) is 8.04. The van der Waals surface area contributed by atoms with Gasteiger partial charge >= 0.3 is 0 Å². The number of unbranched alkanes of at least 4 members (excludes halogenated alkanes) is 2. The highest BCUT2D eigenvalue weighted by Gasteiger charge is 2.06.